The monoisotopic (exact) mass is 455 g/mol. The van der Waals surface area contributed by atoms with Crippen LogP contribution in [0.15, 0.2) is 53.3 Å². The van der Waals surface area contributed by atoms with Crippen molar-refractivity contribution in [1.29, 1.82) is 5.26 Å². The molecule has 0 radical (unpaired) electrons. The van der Waals surface area contributed by atoms with E-state index in [1.165, 1.54) is 24.7 Å². The molecule has 0 saturated carbocycles. The Morgan fingerprint density at radius 1 is 1.24 bits per heavy atom. The highest BCUT2D eigenvalue weighted by molar-refractivity contribution is 5.85. The van der Waals surface area contributed by atoms with Gasteiger partial charge >= 0.3 is 6.18 Å². The first-order chi connectivity index (χ1) is 15.8. The molecular formula is C23H20F3N5O2. The van der Waals surface area contributed by atoms with Gasteiger partial charge in [-0.15, -0.1) is 0 Å². The summed E-state index contributed by atoms with van der Waals surface area (Å²) in [6.07, 6.45) is -0.337. The predicted molar refractivity (Wildman–Crippen MR) is 113 cm³/mol. The van der Waals surface area contributed by atoms with Crippen molar-refractivity contribution in [3.05, 3.63) is 65.9 Å². The summed E-state index contributed by atoms with van der Waals surface area (Å²) < 4.78 is 45.3. The van der Waals surface area contributed by atoms with Crippen LogP contribution in [0.3, 0.4) is 0 Å². The molecule has 1 amide bonds. The van der Waals surface area contributed by atoms with Crippen LogP contribution in [-0.2, 0) is 17.4 Å². The summed E-state index contributed by atoms with van der Waals surface area (Å²) in [6.45, 7) is 0.778. The highest BCUT2D eigenvalue weighted by Crippen LogP contribution is 2.33. The molecule has 1 aliphatic rings. The predicted octanol–water partition coefficient (Wildman–Crippen LogP) is 3.95. The molecule has 4 rings (SSSR count). The van der Waals surface area contributed by atoms with Crippen molar-refractivity contribution in [2.24, 2.45) is 0 Å². The van der Waals surface area contributed by atoms with Gasteiger partial charge in [0.2, 0.25) is 11.7 Å². The highest BCUT2D eigenvalue weighted by atomic mass is 19.4. The van der Waals surface area contributed by atoms with Gasteiger partial charge in [0.25, 0.3) is 0 Å². The van der Waals surface area contributed by atoms with E-state index in [0.29, 0.717) is 43.5 Å². The Morgan fingerprint density at radius 2 is 2.03 bits per heavy atom. The first kappa shape index (κ1) is 22.3. The van der Waals surface area contributed by atoms with E-state index in [1.807, 2.05) is 12.1 Å². The van der Waals surface area contributed by atoms with E-state index >= 15 is 0 Å². The molecule has 1 saturated heterocycles. The fourth-order valence-corrected chi connectivity index (χ4v) is 3.77. The van der Waals surface area contributed by atoms with E-state index in [-0.39, 0.29) is 17.4 Å². The van der Waals surface area contributed by atoms with Crippen LogP contribution in [0.1, 0.15) is 29.8 Å². The van der Waals surface area contributed by atoms with Crippen LogP contribution >= 0.6 is 0 Å². The van der Waals surface area contributed by atoms with Gasteiger partial charge in [0, 0.05) is 24.7 Å². The quantitative estimate of drug-likeness (QED) is 0.605. The van der Waals surface area contributed by atoms with E-state index in [0.717, 1.165) is 5.56 Å². The Bertz CT molecular complexity index is 1150. The lowest BCUT2D eigenvalue weighted by molar-refractivity contribution is -0.144. The van der Waals surface area contributed by atoms with E-state index in [4.69, 9.17) is 9.68 Å². The topological polar surface area (TPSA) is 95.1 Å². The van der Waals surface area contributed by atoms with Gasteiger partial charge < -0.3 is 14.6 Å². The molecule has 1 fully saturated rings. The third-order valence-electron chi connectivity index (χ3n) is 5.43. The van der Waals surface area contributed by atoms with Crippen molar-refractivity contribution in [1.82, 2.24) is 15.3 Å². The minimum atomic E-state index is -4.73. The molecule has 33 heavy (non-hydrogen) atoms. The number of hydrogen-bond acceptors (Lipinski definition) is 6. The van der Waals surface area contributed by atoms with Gasteiger partial charge in [-0.2, -0.15) is 18.4 Å². The largest absolute Gasteiger partial charge is 0.472 e. The summed E-state index contributed by atoms with van der Waals surface area (Å²) >= 11 is 0. The number of halogens is 3. The third-order valence-corrected chi connectivity index (χ3v) is 5.43. The fourth-order valence-electron chi connectivity index (χ4n) is 3.77. The lowest BCUT2D eigenvalue weighted by Gasteiger charge is -2.26. The molecule has 0 spiro atoms. The Kier molecular flexibility index (Phi) is 6.31. The number of anilines is 1. The van der Waals surface area contributed by atoms with Crippen molar-refractivity contribution in [2.45, 2.75) is 31.5 Å². The molecule has 170 valence electrons. The molecule has 1 aromatic carbocycles. The standard InChI is InChI=1S/C23H20F3N5O2/c24-23(25,26)22-29-18(17-8-11-33-14-17)12-20(30-22)31-10-1-2-19(31)21(32)28-9-7-15-3-5-16(13-27)6-4-15/h3-6,8,11-12,14,19H,1-2,7,9-10H2,(H,28,32). The van der Waals surface area contributed by atoms with Gasteiger partial charge in [0.1, 0.15) is 11.9 Å². The van der Waals surface area contributed by atoms with Gasteiger partial charge in [0.15, 0.2) is 0 Å². The highest BCUT2D eigenvalue weighted by Gasteiger charge is 2.38. The maximum absolute atomic E-state index is 13.4. The first-order valence-electron chi connectivity index (χ1n) is 10.4. The molecule has 0 bridgehead atoms. The van der Waals surface area contributed by atoms with Crippen molar-refractivity contribution in [3.63, 3.8) is 0 Å². The summed E-state index contributed by atoms with van der Waals surface area (Å²) in [5.74, 6) is -1.47. The zero-order valence-electron chi connectivity index (χ0n) is 17.5. The molecule has 10 heteroatoms. The minimum Gasteiger partial charge on any atom is -0.472 e. The third kappa shape index (κ3) is 5.14. The fraction of sp³-hybridized carbons (Fsp3) is 0.304. The second-order valence-corrected chi connectivity index (χ2v) is 7.65. The van der Waals surface area contributed by atoms with Crippen LogP contribution in [0.2, 0.25) is 0 Å². The Morgan fingerprint density at radius 3 is 2.70 bits per heavy atom. The number of amides is 1. The maximum Gasteiger partial charge on any atom is 0.451 e. The number of alkyl halides is 3. The number of furan rings is 1. The molecule has 1 unspecified atom stereocenters. The summed E-state index contributed by atoms with van der Waals surface area (Å²) in [4.78, 5) is 21.8. The van der Waals surface area contributed by atoms with Crippen molar-refractivity contribution < 1.29 is 22.4 Å². The summed E-state index contributed by atoms with van der Waals surface area (Å²) in [5, 5.41) is 11.7. The van der Waals surface area contributed by atoms with Crippen LogP contribution in [0.5, 0.6) is 0 Å². The number of carbonyl (C=O) groups is 1. The Balaban J connectivity index is 1.49. The van der Waals surface area contributed by atoms with Crippen LogP contribution in [-0.4, -0.2) is 35.0 Å². The minimum absolute atomic E-state index is 0.0540. The van der Waals surface area contributed by atoms with Gasteiger partial charge in [-0.05, 0) is 43.0 Å². The number of aromatic nitrogens is 2. The SMILES string of the molecule is N#Cc1ccc(CCNC(=O)C2CCCN2c2cc(-c3ccoc3)nc(C(F)(F)F)n2)cc1. The van der Waals surface area contributed by atoms with Crippen molar-refractivity contribution in [2.75, 3.05) is 18.0 Å². The van der Waals surface area contributed by atoms with Crippen LogP contribution in [0.25, 0.3) is 11.3 Å². The van der Waals surface area contributed by atoms with Crippen molar-refractivity contribution in [3.8, 4) is 17.3 Å². The Hall–Kier alpha value is -3.87. The maximum atomic E-state index is 13.4. The summed E-state index contributed by atoms with van der Waals surface area (Å²) in [6, 6.07) is 11.5. The molecule has 3 heterocycles. The molecule has 3 aromatic rings. The van der Waals surface area contributed by atoms with E-state index < -0.39 is 18.0 Å². The molecule has 2 aromatic heterocycles. The van der Waals surface area contributed by atoms with E-state index in [9.17, 15) is 18.0 Å². The summed E-state index contributed by atoms with van der Waals surface area (Å²) in [7, 11) is 0. The van der Waals surface area contributed by atoms with Gasteiger partial charge in [0.05, 0.1) is 29.9 Å². The van der Waals surface area contributed by atoms with Crippen LogP contribution in [0, 0.1) is 11.3 Å². The average Bonchev–Trinajstić information content (AvgIpc) is 3.51. The second-order valence-electron chi connectivity index (χ2n) is 7.65. The number of nitrogens with one attached hydrogen (secondary N) is 1. The normalized spacial score (nSPS) is 15.9. The van der Waals surface area contributed by atoms with E-state index in [1.54, 1.807) is 17.0 Å². The van der Waals surface area contributed by atoms with Gasteiger partial charge in [-0.3, -0.25) is 4.79 Å². The lowest BCUT2D eigenvalue weighted by Crippen LogP contribution is -2.44. The number of nitriles is 1. The molecule has 1 aliphatic heterocycles. The van der Waals surface area contributed by atoms with E-state index in [2.05, 4.69) is 21.4 Å². The second kappa shape index (κ2) is 9.32. The molecule has 7 nitrogen and oxygen atoms in total. The first-order valence-corrected chi connectivity index (χ1v) is 10.4. The van der Waals surface area contributed by atoms with Crippen LogP contribution in [0.4, 0.5) is 19.0 Å². The summed E-state index contributed by atoms with van der Waals surface area (Å²) in [5.41, 5.74) is 2.00. The molecule has 1 N–H and O–H groups in total. The zero-order chi connectivity index (χ0) is 23.4. The molecule has 1 atom stereocenters. The van der Waals surface area contributed by atoms with Crippen molar-refractivity contribution >= 4 is 11.7 Å². The number of hydrogen-bond donors (Lipinski definition) is 1. The van der Waals surface area contributed by atoms with Crippen LogP contribution < -0.4 is 10.2 Å². The average molecular weight is 455 g/mol. The smallest absolute Gasteiger partial charge is 0.451 e. The number of rotatable bonds is 6. The lowest BCUT2D eigenvalue weighted by atomic mass is 10.1. The Labute approximate surface area is 187 Å². The number of benzene rings is 1. The number of nitrogens with zero attached hydrogens (tertiary/aromatic N) is 4. The zero-order valence-corrected chi connectivity index (χ0v) is 17.5. The molecule has 0 aliphatic carbocycles. The van der Waals surface area contributed by atoms with Gasteiger partial charge in [-0.1, -0.05) is 12.1 Å². The molecular weight excluding hydrogens is 435 g/mol. The number of carbonyl (C=O) groups excluding carboxylic acids is 1. The van der Waals surface area contributed by atoms with Gasteiger partial charge in [-0.25, -0.2) is 9.97 Å².